The molecular formula is C19H17N3O3S. The van der Waals surface area contributed by atoms with E-state index in [1.54, 1.807) is 31.8 Å². The van der Waals surface area contributed by atoms with E-state index in [1.807, 2.05) is 25.1 Å². The Hall–Kier alpha value is -2.77. The second kappa shape index (κ2) is 6.51. The van der Waals surface area contributed by atoms with Crippen LogP contribution in [0.15, 0.2) is 30.5 Å². The van der Waals surface area contributed by atoms with Gasteiger partial charge in [0.25, 0.3) is 0 Å². The lowest BCUT2D eigenvalue weighted by Crippen LogP contribution is -1.93. The Kier molecular flexibility index (Phi) is 4.18. The van der Waals surface area contributed by atoms with Crippen LogP contribution in [-0.2, 0) is 6.61 Å². The molecule has 2 aromatic carbocycles. The third kappa shape index (κ3) is 2.75. The Balaban J connectivity index is 1.97. The minimum absolute atomic E-state index is 0.0948. The zero-order valence-electron chi connectivity index (χ0n) is 14.6. The highest BCUT2D eigenvalue weighted by Gasteiger charge is 2.16. The average Bonchev–Trinajstić information content (AvgIpc) is 3.09. The third-order valence-electron chi connectivity index (χ3n) is 4.16. The van der Waals surface area contributed by atoms with E-state index in [2.05, 4.69) is 16.0 Å². The molecule has 0 aliphatic heterocycles. The molecule has 0 bridgehead atoms. The summed E-state index contributed by atoms with van der Waals surface area (Å²) in [6, 6.07) is 7.77. The summed E-state index contributed by atoms with van der Waals surface area (Å²) in [6.45, 7) is 1.92. The number of aliphatic hydroxyl groups excluding tert-OH is 1. The molecule has 0 atom stereocenters. The first-order valence-electron chi connectivity index (χ1n) is 8.03. The molecule has 26 heavy (non-hydrogen) atoms. The summed E-state index contributed by atoms with van der Waals surface area (Å²) in [7, 11) is 3.19. The van der Waals surface area contributed by atoms with Gasteiger partial charge in [-0.1, -0.05) is 0 Å². The lowest BCUT2D eigenvalue weighted by Gasteiger charge is -2.06. The van der Waals surface area contributed by atoms with Crippen LogP contribution in [0.4, 0.5) is 0 Å². The maximum atomic E-state index is 9.68. The minimum Gasteiger partial charge on any atom is -0.497 e. The van der Waals surface area contributed by atoms with Crippen LogP contribution in [-0.4, -0.2) is 34.3 Å². The van der Waals surface area contributed by atoms with Crippen molar-refractivity contribution in [2.45, 2.75) is 13.5 Å². The first kappa shape index (κ1) is 16.7. The topological polar surface area (TPSA) is 77.4 Å². The zero-order chi connectivity index (χ0) is 18.3. The molecule has 0 saturated carbocycles. The lowest BCUT2D eigenvalue weighted by atomic mass is 10.1. The molecule has 2 heterocycles. The number of rotatable bonds is 4. The largest absolute Gasteiger partial charge is 0.497 e. The van der Waals surface area contributed by atoms with Crippen molar-refractivity contribution in [2.24, 2.45) is 0 Å². The number of benzene rings is 2. The van der Waals surface area contributed by atoms with E-state index in [9.17, 15) is 5.11 Å². The van der Waals surface area contributed by atoms with Crippen molar-refractivity contribution in [2.75, 3.05) is 14.2 Å². The number of ether oxygens (including phenoxy) is 2. The van der Waals surface area contributed by atoms with Gasteiger partial charge in [0.15, 0.2) is 0 Å². The summed E-state index contributed by atoms with van der Waals surface area (Å²) in [6.07, 6.45) is 1.61. The van der Waals surface area contributed by atoms with E-state index in [0.29, 0.717) is 11.6 Å². The number of aryl methyl sites for hydroxylation is 1. The average molecular weight is 367 g/mol. The van der Waals surface area contributed by atoms with Gasteiger partial charge in [0, 0.05) is 11.1 Å². The summed E-state index contributed by atoms with van der Waals surface area (Å²) in [5, 5.41) is 10.5. The minimum atomic E-state index is -0.0948. The highest BCUT2D eigenvalue weighted by atomic mass is 32.1. The number of nitrogens with zero attached hydrogens (tertiary/aromatic N) is 3. The van der Waals surface area contributed by atoms with E-state index in [1.165, 1.54) is 0 Å². The molecule has 0 radical (unpaired) electrons. The molecule has 2 aromatic heterocycles. The van der Waals surface area contributed by atoms with Gasteiger partial charge in [0.2, 0.25) is 5.88 Å². The molecule has 0 spiro atoms. The van der Waals surface area contributed by atoms with E-state index in [4.69, 9.17) is 14.5 Å². The Bertz CT molecular complexity index is 1120. The molecule has 7 heteroatoms. The van der Waals surface area contributed by atoms with Gasteiger partial charge in [-0.25, -0.2) is 15.0 Å². The van der Waals surface area contributed by atoms with Crippen LogP contribution >= 0.6 is 11.3 Å². The molecular weight excluding hydrogens is 350 g/mol. The maximum Gasteiger partial charge on any atom is 0.232 e. The van der Waals surface area contributed by atoms with Gasteiger partial charge in [-0.2, -0.15) is 0 Å². The fourth-order valence-corrected chi connectivity index (χ4v) is 3.99. The van der Waals surface area contributed by atoms with Crippen molar-refractivity contribution in [3.63, 3.8) is 0 Å². The van der Waals surface area contributed by atoms with Gasteiger partial charge in [0.05, 0.1) is 48.3 Å². The fourth-order valence-electron chi connectivity index (χ4n) is 2.93. The standard InChI is InChI=1S/C19H17N3O3S/c1-10-4-13(18-14(5-10)21-16(25-3)8-20-18)19-22-17-11(9-23)6-12(24-2)7-15(17)26-19/h4-8,23H,9H2,1-3H3. The molecule has 0 aliphatic rings. The van der Waals surface area contributed by atoms with Crippen LogP contribution < -0.4 is 9.47 Å². The highest BCUT2D eigenvalue weighted by Crippen LogP contribution is 2.37. The molecule has 4 aromatic rings. The maximum absolute atomic E-state index is 9.68. The lowest BCUT2D eigenvalue weighted by molar-refractivity contribution is 0.282. The molecule has 1 N–H and O–H groups in total. The summed E-state index contributed by atoms with van der Waals surface area (Å²) in [5.41, 5.74) is 5.04. The Morgan fingerprint density at radius 1 is 1.04 bits per heavy atom. The van der Waals surface area contributed by atoms with Gasteiger partial charge in [-0.15, -0.1) is 11.3 Å². The summed E-state index contributed by atoms with van der Waals surface area (Å²) >= 11 is 1.54. The predicted octanol–water partition coefficient (Wildman–Crippen LogP) is 3.72. The van der Waals surface area contributed by atoms with Crippen LogP contribution in [0.2, 0.25) is 0 Å². The second-order valence-electron chi connectivity index (χ2n) is 5.90. The molecule has 0 amide bonds. The molecule has 132 valence electrons. The van der Waals surface area contributed by atoms with Crippen molar-refractivity contribution in [1.82, 2.24) is 15.0 Å². The highest BCUT2D eigenvalue weighted by molar-refractivity contribution is 7.21. The SMILES string of the molecule is COc1cc(CO)c2nc(-c3cc(C)cc4nc(OC)cnc34)sc2c1. The Morgan fingerprint density at radius 3 is 2.62 bits per heavy atom. The first-order valence-corrected chi connectivity index (χ1v) is 8.84. The smallest absolute Gasteiger partial charge is 0.232 e. The van der Waals surface area contributed by atoms with Crippen LogP contribution in [0, 0.1) is 6.92 Å². The zero-order valence-corrected chi connectivity index (χ0v) is 15.4. The van der Waals surface area contributed by atoms with Crippen LogP contribution in [0.1, 0.15) is 11.1 Å². The molecule has 0 saturated heterocycles. The molecule has 0 unspecified atom stereocenters. The predicted molar refractivity (Wildman–Crippen MR) is 102 cm³/mol. The molecule has 0 fully saturated rings. The van der Waals surface area contributed by atoms with Gasteiger partial charge in [-0.3, -0.25) is 0 Å². The number of hydrogen-bond acceptors (Lipinski definition) is 7. The number of thiazole rings is 1. The van der Waals surface area contributed by atoms with Crippen molar-refractivity contribution in [3.8, 4) is 22.2 Å². The molecule has 4 rings (SSSR count). The van der Waals surface area contributed by atoms with Gasteiger partial charge < -0.3 is 14.6 Å². The molecule has 0 aliphatic carbocycles. The third-order valence-corrected chi connectivity index (χ3v) is 5.20. The Morgan fingerprint density at radius 2 is 1.88 bits per heavy atom. The number of fused-ring (bicyclic) bond motifs is 2. The Labute approximate surface area is 154 Å². The first-order chi connectivity index (χ1) is 12.6. The van der Waals surface area contributed by atoms with Crippen molar-refractivity contribution >= 4 is 32.6 Å². The normalized spacial score (nSPS) is 11.2. The van der Waals surface area contributed by atoms with E-state index in [-0.39, 0.29) is 6.61 Å². The monoisotopic (exact) mass is 367 g/mol. The molecule has 6 nitrogen and oxygen atoms in total. The number of aliphatic hydroxyl groups is 1. The summed E-state index contributed by atoms with van der Waals surface area (Å²) in [4.78, 5) is 13.8. The van der Waals surface area contributed by atoms with Gasteiger partial charge in [-0.05, 0) is 36.8 Å². The van der Waals surface area contributed by atoms with E-state index >= 15 is 0 Å². The number of hydrogen-bond donors (Lipinski definition) is 1. The van der Waals surface area contributed by atoms with Crippen molar-refractivity contribution < 1.29 is 14.6 Å². The van der Waals surface area contributed by atoms with Gasteiger partial charge >= 0.3 is 0 Å². The van der Waals surface area contributed by atoms with E-state index in [0.717, 1.165) is 42.9 Å². The number of aromatic nitrogens is 3. The van der Waals surface area contributed by atoms with E-state index < -0.39 is 0 Å². The van der Waals surface area contributed by atoms with Crippen molar-refractivity contribution in [3.05, 3.63) is 41.6 Å². The van der Waals surface area contributed by atoms with Crippen LogP contribution in [0.3, 0.4) is 0 Å². The second-order valence-corrected chi connectivity index (χ2v) is 6.93. The summed E-state index contributed by atoms with van der Waals surface area (Å²) < 4.78 is 11.5. The number of methoxy groups -OCH3 is 2. The van der Waals surface area contributed by atoms with Crippen molar-refractivity contribution in [1.29, 1.82) is 0 Å². The fraction of sp³-hybridized carbons (Fsp3) is 0.211. The summed E-state index contributed by atoms with van der Waals surface area (Å²) in [5.74, 6) is 1.18. The van der Waals surface area contributed by atoms with Crippen LogP contribution in [0.25, 0.3) is 31.8 Å². The quantitative estimate of drug-likeness (QED) is 0.592. The van der Waals surface area contributed by atoms with Crippen LogP contribution in [0.5, 0.6) is 11.6 Å². The van der Waals surface area contributed by atoms with Gasteiger partial charge in [0.1, 0.15) is 10.8 Å².